The van der Waals surface area contributed by atoms with Crippen LogP contribution in [0.5, 0.6) is 5.75 Å². The predicted octanol–water partition coefficient (Wildman–Crippen LogP) is 5.86. The van der Waals surface area contributed by atoms with Gasteiger partial charge >= 0.3 is 5.97 Å². The largest absolute Gasteiger partial charge is 0.488 e. The quantitative estimate of drug-likeness (QED) is 0.312. The highest BCUT2D eigenvalue weighted by atomic mass is 32.1. The Bertz CT molecular complexity index is 1380. The second kappa shape index (κ2) is 11.7. The van der Waals surface area contributed by atoms with Crippen LogP contribution in [0, 0.1) is 31.1 Å². The van der Waals surface area contributed by atoms with Crippen LogP contribution < -0.4 is 9.64 Å². The monoisotopic (exact) mass is 575 g/mol. The molecule has 0 N–H and O–H groups in total. The number of hydrogen-bond acceptors (Lipinski definition) is 8. The van der Waals surface area contributed by atoms with Crippen LogP contribution in [0.2, 0.25) is 0 Å². The van der Waals surface area contributed by atoms with Crippen LogP contribution in [0.1, 0.15) is 42.0 Å². The molecule has 2 aromatic carbocycles. The molecule has 3 aromatic rings. The number of benzene rings is 2. The Balaban J connectivity index is 1.15. The lowest BCUT2D eigenvalue weighted by atomic mass is 9.71. The van der Waals surface area contributed by atoms with Gasteiger partial charge in [0.05, 0.1) is 31.4 Å². The molecule has 3 aliphatic rings. The Morgan fingerprint density at radius 3 is 2.56 bits per heavy atom. The number of thiazole rings is 1. The van der Waals surface area contributed by atoms with Crippen molar-refractivity contribution in [2.45, 2.75) is 46.8 Å². The van der Waals surface area contributed by atoms with Crippen LogP contribution in [0.3, 0.4) is 0 Å². The van der Waals surface area contributed by atoms with Crippen LogP contribution in [0.25, 0.3) is 11.3 Å². The molecule has 6 rings (SSSR count). The second-order valence-electron chi connectivity index (χ2n) is 12.1. The third-order valence-electron chi connectivity index (χ3n) is 9.54. The van der Waals surface area contributed by atoms with Crippen molar-refractivity contribution >= 4 is 22.4 Å². The fourth-order valence-corrected chi connectivity index (χ4v) is 7.75. The maximum atomic E-state index is 12.7. The molecule has 41 heavy (non-hydrogen) atoms. The fraction of sp³-hybridized carbons (Fsp3) is 0.515. The Kier molecular flexibility index (Phi) is 8.07. The average Bonchev–Trinajstić information content (AvgIpc) is 3.51. The van der Waals surface area contributed by atoms with Gasteiger partial charge < -0.3 is 19.1 Å². The molecule has 2 bridgehead atoms. The fourth-order valence-electron chi connectivity index (χ4n) is 6.91. The second-order valence-corrected chi connectivity index (χ2v) is 12.9. The van der Waals surface area contributed by atoms with Gasteiger partial charge in [0.25, 0.3) is 0 Å². The zero-order valence-corrected chi connectivity index (χ0v) is 25.5. The first-order valence-corrected chi connectivity index (χ1v) is 15.6. The number of esters is 1. The number of piperidine rings is 1. The highest BCUT2D eigenvalue weighted by Crippen LogP contribution is 2.53. The smallest absolute Gasteiger partial charge is 0.312 e. The van der Waals surface area contributed by atoms with Crippen molar-refractivity contribution in [1.29, 1.82) is 0 Å². The number of carbonyl (C=O) groups excluding carboxylic acids is 1. The number of nitrogens with zero attached hydrogens (tertiary/aromatic N) is 3. The molecule has 3 fully saturated rings. The highest BCUT2D eigenvalue weighted by Gasteiger charge is 2.56. The molecular formula is C33H41N3O4S. The number of aryl methyl sites for hydroxylation is 2. The minimum Gasteiger partial charge on any atom is -0.488 e. The van der Waals surface area contributed by atoms with Crippen molar-refractivity contribution < 1.29 is 19.0 Å². The zero-order chi connectivity index (χ0) is 28.6. The summed E-state index contributed by atoms with van der Waals surface area (Å²) in [6, 6.07) is 13.0. The molecule has 1 aromatic heterocycles. The number of fused-ring (bicyclic) bond motifs is 2. The molecular weight excluding hydrogens is 534 g/mol. The molecule has 2 unspecified atom stereocenters. The summed E-state index contributed by atoms with van der Waals surface area (Å²) in [7, 11) is 1.51. The zero-order valence-electron chi connectivity index (χ0n) is 24.7. The first-order valence-electron chi connectivity index (χ1n) is 14.8. The van der Waals surface area contributed by atoms with Crippen molar-refractivity contribution in [2.24, 2.45) is 17.3 Å². The van der Waals surface area contributed by atoms with E-state index in [0.717, 1.165) is 80.9 Å². The first-order chi connectivity index (χ1) is 19.8. The van der Waals surface area contributed by atoms with E-state index < -0.39 is 0 Å². The summed E-state index contributed by atoms with van der Waals surface area (Å²) >= 11 is 1.68. The third kappa shape index (κ3) is 5.62. The molecule has 0 radical (unpaired) electrons. The van der Waals surface area contributed by atoms with Gasteiger partial charge in [0.2, 0.25) is 0 Å². The Labute approximate surface area is 247 Å². The van der Waals surface area contributed by atoms with Crippen LogP contribution in [-0.2, 0) is 27.4 Å². The number of rotatable bonds is 8. The van der Waals surface area contributed by atoms with Crippen LogP contribution in [-0.4, -0.2) is 62.4 Å². The molecule has 0 spiro atoms. The van der Waals surface area contributed by atoms with E-state index in [1.807, 2.05) is 0 Å². The van der Waals surface area contributed by atoms with Crippen molar-refractivity contribution in [3.8, 4) is 17.0 Å². The molecule has 1 aliphatic carbocycles. The lowest BCUT2D eigenvalue weighted by Gasteiger charge is -2.43. The van der Waals surface area contributed by atoms with Gasteiger partial charge in [0.1, 0.15) is 12.4 Å². The van der Waals surface area contributed by atoms with Gasteiger partial charge in [-0.1, -0.05) is 29.8 Å². The number of carbonyl (C=O) groups is 1. The van der Waals surface area contributed by atoms with E-state index >= 15 is 0 Å². The van der Waals surface area contributed by atoms with Crippen LogP contribution in [0.15, 0.2) is 41.8 Å². The predicted molar refractivity (Wildman–Crippen MR) is 162 cm³/mol. The van der Waals surface area contributed by atoms with E-state index in [2.05, 4.69) is 72.3 Å². The normalized spacial score (nSPS) is 24.4. The first kappa shape index (κ1) is 28.2. The number of anilines is 1. The molecule has 218 valence electrons. The van der Waals surface area contributed by atoms with Gasteiger partial charge in [-0.3, -0.25) is 9.69 Å². The maximum Gasteiger partial charge on any atom is 0.312 e. The number of hydrogen-bond donors (Lipinski definition) is 0. The lowest BCUT2D eigenvalue weighted by Crippen LogP contribution is -2.52. The number of ether oxygens (including phenoxy) is 3. The summed E-state index contributed by atoms with van der Waals surface area (Å²) in [5, 5.41) is 3.15. The Morgan fingerprint density at radius 2 is 1.85 bits per heavy atom. The number of methoxy groups -OCH3 is 1. The molecule has 2 atom stereocenters. The molecule has 8 heteroatoms. The van der Waals surface area contributed by atoms with Crippen LogP contribution >= 0.6 is 11.3 Å². The topological polar surface area (TPSA) is 64.1 Å². The maximum absolute atomic E-state index is 12.7. The summed E-state index contributed by atoms with van der Waals surface area (Å²) in [6.45, 7) is 13.1. The van der Waals surface area contributed by atoms with Crippen molar-refractivity contribution in [2.75, 3.05) is 51.4 Å². The third-order valence-corrected chi connectivity index (χ3v) is 10.4. The van der Waals surface area contributed by atoms with Gasteiger partial charge in [0, 0.05) is 43.7 Å². The van der Waals surface area contributed by atoms with E-state index in [0.29, 0.717) is 18.4 Å². The van der Waals surface area contributed by atoms with Gasteiger partial charge in [-0.2, -0.15) is 0 Å². The van der Waals surface area contributed by atoms with E-state index in [1.165, 1.54) is 29.4 Å². The van der Waals surface area contributed by atoms with Gasteiger partial charge in [-0.15, -0.1) is 11.3 Å². The van der Waals surface area contributed by atoms with E-state index in [4.69, 9.17) is 19.2 Å². The molecule has 7 nitrogen and oxygen atoms in total. The minimum absolute atomic E-state index is 0.0620. The Morgan fingerprint density at radius 1 is 1.10 bits per heavy atom. The number of morpholine rings is 1. The highest BCUT2D eigenvalue weighted by molar-refractivity contribution is 7.14. The van der Waals surface area contributed by atoms with E-state index in [1.54, 1.807) is 11.3 Å². The summed E-state index contributed by atoms with van der Waals surface area (Å²) in [6.07, 6.45) is 2.13. The van der Waals surface area contributed by atoms with E-state index in [-0.39, 0.29) is 11.4 Å². The molecule has 2 aliphatic heterocycles. The summed E-state index contributed by atoms with van der Waals surface area (Å²) in [5.74, 6) is 1.37. The van der Waals surface area contributed by atoms with Crippen molar-refractivity contribution in [3.05, 3.63) is 64.0 Å². The lowest BCUT2D eigenvalue weighted by molar-refractivity contribution is -0.157. The summed E-state index contributed by atoms with van der Waals surface area (Å²) < 4.78 is 17.1. The van der Waals surface area contributed by atoms with Crippen molar-refractivity contribution in [1.82, 2.24) is 9.88 Å². The molecule has 1 saturated carbocycles. The van der Waals surface area contributed by atoms with Gasteiger partial charge in [0.15, 0.2) is 5.13 Å². The minimum atomic E-state index is -0.387. The molecule has 3 heterocycles. The van der Waals surface area contributed by atoms with Crippen LogP contribution in [0.4, 0.5) is 5.13 Å². The molecule has 2 saturated heterocycles. The summed E-state index contributed by atoms with van der Waals surface area (Å²) in [4.78, 5) is 22.6. The van der Waals surface area contributed by atoms with Gasteiger partial charge in [-0.05, 0) is 74.3 Å². The SMILES string of the molecule is COC(=O)C1(C)C2CCC1CN(c1nc(-c3cc(C)ccc3OCc3ccc(CN4CCOCC4)cc3C)cs1)C2. The standard InChI is InChI=1S/C33H41N3O4S/c1-22-5-10-30(40-20-25-7-6-24(16-23(25)2)17-35-11-13-39-14-12-35)28(15-22)29-21-41-32(34-29)36-18-26-8-9-27(19-36)33(26,3)31(37)38-4/h5-7,10,15-16,21,26-27H,8-9,11-14,17-20H2,1-4H3. The van der Waals surface area contributed by atoms with Gasteiger partial charge in [-0.25, -0.2) is 4.98 Å². The molecule has 0 amide bonds. The summed E-state index contributed by atoms with van der Waals surface area (Å²) in [5.41, 5.74) is 6.52. The van der Waals surface area contributed by atoms with E-state index in [9.17, 15) is 4.79 Å². The Hall–Kier alpha value is -2.94. The average molecular weight is 576 g/mol. The number of aromatic nitrogens is 1. The van der Waals surface area contributed by atoms with Crippen molar-refractivity contribution in [3.63, 3.8) is 0 Å².